The number of hydrogen-bond donors (Lipinski definition) is 2. The van der Waals surface area contributed by atoms with Crippen LogP contribution in [0.4, 0.5) is 5.95 Å². The van der Waals surface area contributed by atoms with Crippen molar-refractivity contribution in [3.63, 3.8) is 0 Å². The van der Waals surface area contributed by atoms with Gasteiger partial charge in [-0.05, 0) is 6.07 Å². The highest BCUT2D eigenvalue weighted by Gasteiger charge is 2.16. The van der Waals surface area contributed by atoms with Crippen LogP contribution in [0.25, 0.3) is 11.4 Å². The Morgan fingerprint density at radius 3 is 2.72 bits per heavy atom. The van der Waals surface area contributed by atoms with E-state index in [1.165, 1.54) is 0 Å². The number of aromatic nitrogens is 3. The van der Waals surface area contributed by atoms with Crippen molar-refractivity contribution in [2.45, 2.75) is 0 Å². The number of hydrogen-bond acceptors (Lipinski definition) is 4. The number of halogens is 1. The molecule has 6 heteroatoms. The molecule has 0 unspecified atom stereocenters. The molecule has 1 fully saturated rings. The zero-order chi connectivity index (χ0) is 12.4. The number of nitrogens with one attached hydrogen (secondary N) is 2. The number of piperazine rings is 1. The van der Waals surface area contributed by atoms with Crippen LogP contribution in [-0.2, 0) is 0 Å². The maximum Gasteiger partial charge on any atom is 0.245 e. The first-order chi connectivity index (χ1) is 8.84. The number of rotatable bonds is 2. The fourth-order valence-electron chi connectivity index (χ4n) is 2.03. The summed E-state index contributed by atoms with van der Waals surface area (Å²) in [6.45, 7) is 3.87. The van der Waals surface area contributed by atoms with Gasteiger partial charge in [0.25, 0.3) is 0 Å². The number of nitrogens with zero attached hydrogens (tertiary/aromatic N) is 3. The summed E-state index contributed by atoms with van der Waals surface area (Å²) in [6.07, 6.45) is 0. The van der Waals surface area contributed by atoms with Crippen LogP contribution in [0.1, 0.15) is 0 Å². The van der Waals surface area contributed by atoms with Gasteiger partial charge in [-0.3, -0.25) is 5.10 Å². The second kappa shape index (κ2) is 5.07. The van der Waals surface area contributed by atoms with Crippen LogP contribution in [-0.4, -0.2) is 41.4 Å². The summed E-state index contributed by atoms with van der Waals surface area (Å²) in [5.41, 5.74) is 1.03. The Hall–Kier alpha value is -1.40. The molecule has 2 heterocycles. The predicted octanol–water partition coefficient (Wildman–Crippen LogP) is 1.64. The van der Waals surface area contributed by atoms with Crippen molar-refractivity contribution < 1.29 is 0 Å². The lowest BCUT2D eigenvalue weighted by molar-refractivity contribution is 0.580. The SMILES string of the molecule is Brc1ccccc1-c1nc(N2CCNCC2)n[nH]1. The lowest BCUT2D eigenvalue weighted by Crippen LogP contribution is -2.44. The molecule has 2 N–H and O–H groups in total. The second-order valence-corrected chi connectivity index (χ2v) is 5.06. The lowest BCUT2D eigenvalue weighted by Gasteiger charge is -2.25. The minimum absolute atomic E-state index is 0.780. The molecule has 18 heavy (non-hydrogen) atoms. The molecule has 0 radical (unpaired) electrons. The molecule has 0 aliphatic carbocycles. The first-order valence-corrected chi connectivity index (χ1v) is 6.77. The Bertz CT molecular complexity index is 533. The van der Waals surface area contributed by atoms with Gasteiger partial charge in [-0.25, -0.2) is 0 Å². The molecule has 1 aliphatic heterocycles. The van der Waals surface area contributed by atoms with Crippen molar-refractivity contribution in [1.29, 1.82) is 0 Å². The maximum atomic E-state index is 4.57. The molecule has 1 saturated heterocycles. The summed E-state index contributed by atoms with van der Waals surface area (Å²) >= 11 is 3.53. The third-order valence-electron chi connectivity index (χ3n) is 3.00. The van der Waals surface area contributed by atoms with E-state index in [1.54, 1.807) is 0 Å². The summed E-state index contributed by atoms with van der Waals surface area (Å²) < 4.78 is 1.02. The van der Waals surface area contributed by atoms with Crippen molar-refractivity contribution in [3.8, 4) is 11.4 Å². The molecule has 0 atom stereocenters. The number of aromatic amines is 1. The zero-order valence-electron chi connectivity index (χ0n) is 9.86. The first kappa shape index (κ1) is 11.7. The molecular formula is C12H14BrN5. The van der Waals surface area contributed by atoms with E-state index in [1.807, 2.05) is 24.3 Å². The lowest BCUT2D eigenvalue weighted by atomic mass is 10.2. The van der Waals surface area contributed by atoms with Gasteiger partial charge in [0.05, 0.1) is 0 Å². The average Bonchev–Trinajstić information content (AvgIpc) is 2.90. The van der Waals surface area contributed by atoms with Crippen LogP contribution in [0.15, 0.2) is 28.7 Å². The molecule has 0 bridgehead atoms. The molecule has 0 saturated carbocycles. The van der Waals surface area contributed by atoms with E-state index >= 15 is 0 Å². The molecule has 94 valence electrons. The molecular weight excluding hydrogens is 294 g/mol. The Kier molecular flexibility index (Phi) is 3.29. The van der Waals surface area contributed by atoms with Gasteiger partial charge in [0, 0.05) is 36.2 Å². The van der Waals surface area contributed by atoms with Crippen molar-refractivity contribution >= 4 is 21.9 Å². The Labute approximate surface area is 114 Å². The monoisotopic (exact) mass is 307 g/mol. The van der Waals surface area contributed by atoms with Gasteiger partial charge in [-0.1, -0.05) is 34.1 Å². The van der Waals surface area contributed by atoms with Gasteiger partial charge in [0.1, 0.15) is 0 Å². The van der Waals surface area contributed by atoms with Gasteiger partial charge >= 0.3 is 0 Å². The largest absolute Gasteiger partial charge is 0.337 e. The highest BCUT2D eigenvalue weighted by atomic mass is 79.9. The van der Waals surface area contributed by atoms with Crippen molar-refractivity contribution in [3.05, 3.63) is 28.7 Å². The number of benzene rings is 1. The molecule has 1 aliphatic rings. The van der Waals surface area contributed by atoms with E-state index in [-0.39, 0.29) is 0 Å². The third kappa shape index (κ3) is 2.26. The summed E-state index contributed by atoms with van der Waals surface area (Å²) in [6, 6.07) is 8.00. The molecule has 1 aromatic heterocycles. The van der Waals surface area contributed by atoms with Crippen LogP contribution in [0.5, 0.6) is 0 Å². The molecule has 0 amide bonds. The predicted molar refractivity (Wildman–Crippen MR) is 74.6 cm³/mol. The summed E-state index contributed by atoms with van der Waals surface area (Å²) in [7, 11) is 0. The summed E-state index contributed by atoms with van der Waals surface area (Å²) in [5, 5.41) is 10.6. The van der Waals surface area contributed by atoms with Gasteiger partial charge < -0.3 is 10.2 Å². The smallest absolute Gasteiger partial charge is 0.245 e. The van der Waals surface area contributed by atoms with E-state index < -0.39 is 0 Å². The molecule has 2 aromatic rings. The first-order valence-electron chi connectivity index (χ1n) is 5.97. The van der Waals surface area contributed by atoms with Crippen LogP contribution in [0, 0.1) is 0 Å². The molecule has 0 spiro atoms. The summed E-state index contributed by atoms with van der Waals surface area (Å²) in [5.74, 6) is 1.58. The van der Waals surface area contributed by atoms with Crippen LogP contribution < -0.4 is 10.2 Å². The minimum atomic E-state index is 0.780. The highest BCUT2D eigenvalue weighted by molar-refractivity contribution is 9.10. The van der Waals surface area contributed by atoms with Crippen molar-refractivity contribution in [2.75, 3.05) is 31.1 Å². The standard InChI is InChI=1S/C12H14BrN5/c13-10-4-2-1-3-9(10)11-15-12(17-16-11)18-7-5-14-6-8-18/h1-4,14H,5-8H2,(H,15,16,17). The normalized spacial score (nSPS) is 15.9. The van der Waals surface area contributed by atoms with Crippen LogP contribution in [0.3, 0.4) is 0 Å². The van der Waals surface area contributed by atoms with E-state index in [0.717, 1.165) is 48.0 Å². The van der Waals surface area contributed by atoms with E-state index in [0.29, 0.717) is 0 Å². The Morgan fingerprint density at radius 2 is 1.94 bits per heavy atom. The van der Waals surface area contributed by atoms with Gasteiger partial charge in [-0.2, -0.15) is 4.98 Å². The quantitative estimate of drug-likeness (QED) is 0.886. The highest BCUT2D eigenvalue weighted by Crippen LogP contribution is 2.26. The minimum Gasteiger partial charge on any atom is -0.337 e. The average molecular weight is 308 g/mol. The van der Waals surface area contributed by atoms with Crippen LogP contribution >= 0.6 is 15.9 Å². The molecule has 5 nitrogen and oxygen atoms in total. The van der Waals surface area contributed by atoms with E-state index in [4.69, 9.17) is 0 Å². The second-order valence-electron chi connectivity index (χ2n) is 4.20. The van der Waals surface area contributed by atoms with E-state index in [2.05, 4.69) is 41.3 Å². The van der Waals surface area contributed by atoms with Crippen LogP contribution in [0.2, 0.25) is 0 Å². The topological polar surface area (TPSA) is 56.8 Å². The van der Waals surface area contributed by atoms with Crippen molar-refractivity contribution in [1.82, 2.24) is 20.5 Å². The number of anilines is 1. The zero-order valence-corrected chi connectivity index (χ0v) is 11.4. The Morgan fingerprint density at radius 1 is 1.17 bits per heavy atom. The Balaban J connectivity index is 1.87. The maximum absolute atomic E-state index is 4.57. The third-order valence-corrected chi connectivity index (χ3v) is 3.69. The van der Waals surface area contributed by atoms with Gasteiger partial charge in [0.2, 0.25) is 5.95 Å². The van der Waals surface area contributed by atoms with Gasteiger partial charge in [-0.15, -0.1) is 5.10 Å². The fourth-order valence-corrected chi connectivity index (χ4v) is 2.51. The van der Waals surface area contributed by atoms with E-state index in [9.17, 15) is 0 Å². The molecule has 3 rings (SSSR count). The molecule has 1 aromatic carbocycles. The summed E-state index contributed by atoms with van der Waals surface area (Å²) in [4.78, 5) is 6.75. The van der Waals surface area contributed by atoms with Gasteiger partial charge in [0.15, 0.2) is 5.82 Å². The van der Waals surface area contributed by atoms with Crippen molar-refractivity contribution in [2.24, 2.45) is 0 Å². The fraction of sp³-hybridized carbons (Fsp3) is 0.333. The number of H-pyrrole nitrogens is 1.